The van der Waals surface area contributed by atoms with Gasteiger partial charge in [-0.3, -0.25) is 4.79 Å². The molecule has 0 fully saturated rings. The first-order valence-electron chi connectivity index (χ1n) is 7.42. The van der Waals surface area contributed by atoms with Crippen molar-refractivity contribution in [2.45, 2.75) is 30.5 Å². The Morgan fingerprint density at radius 3 is 2.78 bits per heavy atom. The first-order chi connectivity index (χ1) is 11.2. The van der Waals surface area contributed by atoms with Crippen LogP contribution in [0.25, 0.3) is 10.2 Å². The van der Waals surface area contributed by atoms with E-state index in [4.69, 9.17) is 0 Å². The minimum absolute atomic E-state index is 0.0266. The third-order valence-electron chi connectivity index (χ3n) is 3.51. The van der Waals surface area contributed by atoms with Crippen molar-refractivity contribution in [1.29, 1.82) is 0 Å². The lowest BCUT2D eigenvalue weighted by atomic mass is 10.1. The number of amides is 1. The van der Waals surface area contributed by atoms with Crippen LogP contribution in [0.5, 0.6) is 0 Å². The van der Waals surface area contributed by atoms with E-state index in [0.29, 0.717) is 0 Å². The van der Waals surface area contributed by atoms with Gasteiger partial charge in [0.05, 0.1) is 5.25 Å². The van der Waals surface area contributed by atoms with Crippen LogP contribution in [-0.4, -0.2) is 21.1 Å². The average molecular weight is 343 g/mol. The zero-order valence-corrected chi connectivity index (χ0v) is 14.6. The van der Waals surface area contributed by atoms with E-state index in [9.17, 15) is 4.79 Å². The van der Waals surface area contributed by atoms with E-state index in [1.54, 1.807) is 17.7 Å². The van der Waals surface area contributed by atoms with Crippen LogP contribution in [0.4, 0.5) is 5.69 Å². The number of carbonyl (C=O) groups is 1. The maximum Gasteiger partial charge on any atom is 0.237 e. The molecule has 1 atom stereocenters. The van der Waals surface area contributed by atoms with Crippen molar-refractivity contribution >= 4 is 44.9 Å². The molecular weight excluding hydrogens is 326 g/mol. The van der Waals surface area contributed by atoms with Crippen LogP contribution in [0.1, 0.15) is 19.4 Å². The number of fused-ring (bicyclic) bond motifs is 1. The molecule has 2 heterocycles. The summed E-state index contributed by atoms with van der Waals surface area (Å²) in [5, 5.41) is 6.56. The van der Waals surface area contributed by atoms with Crippen molar-refractivity contribution < 1.29 is 4.79 Å². The van der Waals surface area contributed by atoms with Crippen molar-refractivity contribution in [3.63, 3.8) is 0 Å². The van der Waals surface area contributed by atoms with Crippen LogP contribution in [0, 0.1) is 0 Å². The van der Waals surface area contributed by atoms with Gasteiger partial charge in [0, 0.05) is 11.1 Å². The number of benzene rings is 1. The maximum absolute atomic E-state index is 12.4. The Kier molecular flexibility index (Phi) is 4.93. The quantitative estimate of drug-likeness (QED) is 0.552. The summed E-state index contributed by atoms with van der Waals surface area (Å²) in [4.78, 5) is 21.9. The third-order valence-corrected chi connectivity index (χ3v) is 5.45. The normalized spacial score (nSPS) is 12.3. The van der Waals surface area contributed by atoms with Gasteiger partial charge in [-0.05, 0) is 42.5 Å². The van der Waals surface area contributed by atoms with Gasteiger partial charge in [0.25, 0.3) is 0 Å². The van der Waals surface area contributed by atoms with Gasteiger partial charge in [-0.25, -0.2) is 9.97 Å². The van der Waals surface area contributed by atoms with E-state index in [2.05, 4.69) is 22.2 Å². The molecule has 0 spiro atoms. The largest absolute Gasteiger partial charge is 0.325 e. The Balaban J connectivity index is 1.68. The van der Waals surface area contributed by atoms with Gasteiger partial charge in [0.2, 0.25) is 5.91 Å². The molecule has 6 heteroatoms. The first-order valence-corrected chi connectivity index (χ1v) is 9.18. The predicted octanol–water partition coefficient (Wildman–Crippen LogP) is 4.37. The van der Waals surface area contributed by atoms with E-state index in [0.717, 1.165) is 27.4 Å². The number of carbonyl (C=O) groups excluding carboxylic acids is 1. The highest BCUT2D eigenvalue weighted by Crippen LogP contribution is 2.30. The number of anilines is 1. The maximum atomic E-state index is 12.4. The summed E-state index contributed by atoms with van der Waals surface area (Å²) in [5.41, 5.74) is 2.08. The smallest absolute Gasteiger partial charge is 0.237 e. The molecule has 1 amide bonds. The number of rotatable bonds is 5. The Morgan fingerprint density at radius 1 is 1.26 bits per heavy atom. The molecule has 0 bridgehead atoms. The van der Waals surface area contributed by atoms with E-state index in [1.807, 2.05) is 42.6 Å². The van der Waals surface area contributed by atoms with Gasteiger partial charge in [-0.1, -0.05) is 30.8 Å². The van der Waals surface area contributed by atoms with Gasteiger partial charge in [0.15, 0.2) is 0 Å². The standard InChI is InChI=1S/C17H17N3OS2/c1-3-12-4-6-13(7-5-12)20-15(21)11(2)23-17-14-8-9-22-16(14)18-10-19-17/h4-11H,3H2,1-2H3,(H,20,21)/t11-/m0/s1. The highest BCUT2D eigenvalue weighted by molar-refractivity contribution is 8.00. The lowest BCUT2D eigenvalue weighted by molar-refractivity contribution is -0.115. The molecule has 3 aromatic rings. The van der Waals surface area contributed by atoms with Crippen molar-refractivity contribution in [3.8, 4) is 0 Å². The van der Waals surface area contributed by atoms with E-state index in [1.165, 1.54) is 17.3 Å². The van der Waals surface area contributed by atoms with E-state index < -0.39 is 0 Å². The number of aryl methyl sites for hydroxylation is 1. The lowest BCUT2D eigenvalue weighted by Crippen LogP contribution is -2.22. The SMILES string of the molecule is CCc1ccc(NC(=O)[C@H](C)Sc2ncnc3sccc23)cc1. The summed E-state index contributed by atoms with van der Waals surface area (Å²) in [6, 6.07) is 9.95. The van der Waals surface area contributed by atoms with Crippen molar-refractivity contribution in [3.05, 3.63) is 47.6 Å². The monoisotopic (exact) mass is 343 g/mol. The van der Waals surface area contributed by atoms with Crippen LogP contribution >= 0.6 is 23.1 Å². The average Bonchev–Trinajstić information content (AvgIpc) is 3.05. The number of nitrogens with one attached hydrogen (secondary N) is 1. The summed E-state index contributed by atoms with van der Waals surface area (Å²) in [5.74, 6) is -0.0266. The van der Waals surface area contributed by atoms with Crippen LogP contribution in [0.2, 0.25) is 0 Å². The molecule has 0 saturated heterocycles. The molecule has 0 saturated carbocycles. The highest BCUT2D eigenvalue weighted by Gasteiger charge is 2.17. The van der Waals surface area contributed by atoms with E-state index >= 15 is 0 Å². The molecule has 1 N–H and O–H groups in total. The number of hydrogen-bond acceptors (Lipinski definition) is 5. The Bertz CT molecular complexity index is 814. The predicted molar refractivity (Wildman–Crippen MR) is 97.2 cm³/mol. The van der Waals surface area contributed by atoms with Crippen LogP contribution in [-0.2, 0) is 11.2 Å². The van der Waals surface area contributed by atoms with Gasteiger partial charge in [-0.2, -0.15) is 0 Å². The molecule has 3 rings (SSSR count). The van der Waals surface area contributed by atoms with Gasteiger partial charge < -0.3 is 5.32 Å². The van der Waals surface area contributed by atoms with Gasteiger partial charge in [-0.15, -0.1) is 11.3 Å². The molecular formula is C17H17N3OS2. The van der Waals surface area contributed by atoms with E-state index in [-0.39, 0.29) is 11.2 Å². The second-order valence-corrected chi connectivity index (χ2v) is 7.34. The number of thioether (sulfide) groups is 1. The molecule has 0 aliphatic heterocycles. The Labute approximate surface area is 143 Å². The van der Waals surface area contributed by atoms with Gasteiger partial charge >= 0.3 is 0 Å². The van der Waals surface area contributed by atoms with Crippen LogP contribution in [0.15, 0.2) is 47.1 Å². The molecule has 23 heavy (non-hydrogen) atoms. The van der Waals surface area contributed by atoms with Gasteiger partial charge in [0.1, 0.15) is 16.2 Å². The topological polar surface area (TPSA) is 54.9 Å². The molecule has 0 radical (unpaired) electrons. The number of hydrogen-bond donors (Lipinski definition) is 1. The number of thiophene rings is 1. The highest BCUT2D eigenvalue weighted by atomic mass is 32.2. The minimum atomic E-state index is -0.237. The summed E-state index contributed by atoms with van der Waals surface area (Å²) >= 11 is 3.03. The molecule has 118 valence electrons. The molecule has 4 nitrogen and oxygen atoms in total. The lowest BCUT2D eigenvalue weighted by Gasteiger charge is -2.12. The van der Waals surface area contributed by atoms with Crippen LogP contribution in [0.3, 0.4) is 0 Å². The Morgan fingerprint density at radius 2 is 2.04 bits per heavy atom. The third kappa shape index (κ3) is 3.71. The summed E-state index contributed by atoms with van der Waals surface area (Å²) in [7, 11) is 0. The zero-order valence-electron chi connectivity index (χ0n) is 12.9. The number of aromatic nitrogens is 2. The summed E-state index contributed by atoms with van der Waals surface area (Å²) < 4.78 is 0. The molecule has 1 aromatic carbocycles. The second-order valence-electron chi connectivity index (χ2n) is 5.12. The summed E-state index contributed by atoms with van der Waals surface area (Å²) in [6.45, 7) is 4.00. The fourth-order valence-corrected chi connectivity index (χ4v) is 3.85. The van der Waals surface area contributed by atoms with Crippen molar-refractivity contribution in [2.75, 3.05) is 5.32 Å². The molecule has 2 aromatic heterocycles. The van der Waals surface area contributed by atoms with Crippen molar-refractivity contribution in [1.82, 2.24) is 9.97 Å². The second kappa shape index (κ2) is 7.10. The molecule has 0 aliphatic rings. The van der Waals surface area contributed by atoms with Crippen molar-refractivity contribution in [2.24, 2.45) is 0 Å². The first kappa shape index (κ1) is 16.0. The molecule has 0 aliphatic carbocycles. The fraction of sp³-hybridized carbons (Fsp3) is 0.235. The minimum Gasteiger partial charge on any atom is -0.325 e. The summed E-state index contributed by atoms with van der Waals surface area (Å²) in [6.07, 6.45) is 2.54. The fourth-order valence-electron chi connectivity index (χ4n) is 2.15. The zero-order chi connectivity index (χ0) is 16.2. The molecule has 0 unspecified atom stereocenters. The van der Waals surface area contributed by atoms with Crippen LogP contribution < -0.4 is 5.32 Å². The Hall–Kier alpha value is -1.92. The number of nitrogens with zero attached hydrogens (tertiary/aromatic N) is 2.